The second-order valence-electron chi connectivity index (χ2n) is 4.14. The molecule has 0 aliphatic carbocycles. The van der Waals surface area contributed by atoms with E-state index in [2.05, 4.69) is 19.8 Å². The third-order valence-corrected chi connectivity index (χ3v) is 3.47. The smallest absolute Gasteiger partial charge is 0.134 e. The zero-order valence-electron chi connectivity index (χ0n) is 8.43. The Hall–Kier alpha value is -0.870. The molecule has 3 heterocycles. The Balaban J connectivity index is 1.87. The normalized spacial score (nSPS) is 29.5. The maximum Gasteiger partial charge on any atom is 0.134 e. The molecule has 0 amide bonds. The summed E-state index contributed by atoms with van der Waals surface area (Å²) in [5, 5.41) is 0.528. The van der Waals surface area contributed by atoms with Crippen molar-refractivity contribution < 1.29 is 0 Å². The highest BCUT2D eigenvalue weighted by Gasteiger charge is 2.32. The molecular formula is C10H13ClN4. The molecule has 2 unspecified atom stereocenters. The van der Waals surface area contributed by atoms with Gasteiger partial charge in [-0.15, -0.1) is 0 Å². The van der Waals surface area contributed by atoms with E-state index in [1.807, 2.05) is 6.07 Å². The number of fused-ring (bicyclic) bond motifs is 2. The largest absolute Gasteiger partial charge is 0.351 e. The first-order valence-corrected chi connectivity index (χ1v) is 5.67. The number of piperazine rings is 1. The molecule has 2 atom stereocenters. The van der Waals surface area contributed by atoms with Crippen molar-refractivity contribution >= 4 is 17.4 Å². The fourth-order valence-corrected chi connectivity index (χ4v) is 2.63. The molecule has 5 heteroatoms. The van der Waals surface area contributed by atoms with Gasteiger partial charge in [-0.25, -0.2) is 9.97 Å². The maximum absolute atomic E-state index is 5.88. The van der Waals surface area contributed by atoms with Crippen LogP contribution in [0.25, 0.3) is 0 Å². The molecule has 80 valence electrons. The lowest BCUT2D eigenvalue weighted by atomic mass is 10.2. The number of nitrogens with zero attached hydrogens (tertiary/aromatic N) is 4. The van der Waals surface area contributed by atoms with Gasteiger partial charge in [0.2, 0.25) is 0 Å². The van der Waals surface area contributed by atoms with E-state index in [0.717, 1.165) is 18.9 Å². The Kier molecular flexibility index (Phi) is 2.25. The molecule has 2 saturated heterocycles. The molecular weight excluding hydrogens is 212 g/mol. The van der Waals surface area contributed by atoms with Gasteiger partial charge in [0, 0.05) is 38.3 Å². The molecule has 1 aromatic rings. The van der Waals surface area contributed by atoms with E-state index in [1.54, 1.807) is 6.33 Å². The summed E-state index contributed by atoms with van der Waals surface area (Å²) in [5.74, 6) is 0.974. The van der Waals surface area contributed by atoms with Crippen molar-refractivity contribution in [2.24, 2.45) is 0 Å². The minimum absolute atomic E-state index is 0.528. The van der Waals surface area contributed by atoms with Gasteiger partial charge in [-0.3, -0.25) is 4.90 Å². The van der Waals surface area contributed by atoms with Crippen LogP contribution in [-0.4, -0.2) is 47.1 Å². The molecule has 0 saturated carbocycles. The highest BCUT2D eigenvalue weighted by Crippen LogP contribution is 2.25. The SMILES string of the molecule is Clc1cc(N2CCN3CCC2C3)ncn1. The van der Waals surface area contributed by atoms with E-state index in [0.29, 0.717) is 11.2 Å². The van der Waals surface area contributed by atoms with E-state index < -0.39 is 0 Å². The molecule has 1 aromatic heterocycles. The van der Waals surface area contributed by atoms with Crippen LogP contribution >= 0.6 is 11.6 Å². The minimum Gasteiger partial charge on any atom is -0.351 e. The number of aromatic nitrogens is 2. The van der Waals surface area contributed by atoms with Crippen molar-refractivity contribution in [1.29, 1.82) is 0 Å². The van der Waals surface area contributed by atoms with Crippen LogP contribution in [0, 0.1) is 0 Å². The number of halogens is 1. The Morgan fingerprint density at radius 2 is 2.20 bits per heavy atom. The summed E-state index contributed by atoms with van der Waals surface area (Å²) in [6, 6.07) is 2.47. The van der Waals surface area contributed by atoms with E-state index in [4.69, 9.17) is 11.6 Å². The van der Waals surface area contributed by atoms with Gasteiger partial charge in [-0.2, -0.15) is 0 Å². The molecule has 2 bridgehead atoms. The number of hydrogen-bond acceptors (Lipinski definition) is 4. The first kappa shape index (κ1) is 9.36. The molecule has 2 fully saturated rings. The Morgan fingerprint density at radius 1 is 1.27 bits per heavy atom. The van der Waals surface area contributed by atoms with Crippen LogP contribution in [0.2, 0.25) is 5.15 Å². The van der Waals surface area contributed by atoms with Gasteiger partial charge in [-0.05, 0) is 6.42 Å². The molecule has 4 nitrogen and oxygen atoms in total. The van der Waals surface area contributed by atoms with Crippen LogP contribution in [-0.2, 0) is 0 Å². The first-order chi connectivity index (χ1) is 7.33. The summed E-state index contributed by atoms with van der Waals surface area (Å²) >= 11 is 5.88. The van der Waals surface area contributed by atoms with Gasteiger partial charge in [-0.1, -0.05) is 11.6 Å². The van der Waals surface area contributed by atoms with Gasteiger partial charge in [0.15, 0.2) is 0 Å². The Morgan fingerprint density at radius 3 is 3.07 bits per heavy atom. The predicted octanol–water partition coefficient (Wildman–Crippen LogP) is 1.02. The van der Waals surface area contributed by atoms with Crippen LogP contribution in [0.1, 0.15) is 6.42 Å². The number of anilines is 1. The van der Waals surface area contributed by atoms with Crippen molar-refractivity contribution in [2.75, 3.05) is 31.1 Å². The maximum atomic E-state index is 5.88. The van der Waals surface area contributed by atoms with Crippen molar-refractivity contribution in [2.45, 2.75) is 12.5 Å². The fraction of sp³-hybridized carbons (Fsp3) is 0.600. The van der Waals surface area contributed by atoms with Crippen LogP contribution in [0.5, 0.6) is 0 Å². The minimum atomic E-state index is 0.528. The van der Waals surface area contributed by atoms with Crippen LogP contribution < -0.4 is 4.90 Å². The average molecular weight is 225 g/mol. The van der Waals surface area contributed by atoms with Crippen molar-refractivity contribution in [3.8, 4) is 0 Å². The second-order valence-corrected chi connectivity index (χ2v) is 4.52. The predicted molar refractivity (Wildman–Crippen MR) is 59.2 cm³/mol. The number of hydrogen-bond donors (Lipinski definition) is 0. The quantitative estimate of drug-likeness (QED) is 0.667. The van der Waals surface area contributed by atoms with E-state index in [9.17, 15) is 0 Å². The van der Waals surface area contributed by atoms with Crippen molar-refractivity contribution in [3.63, 3.8) is 0 Å². The number of rotatable bonds is 1. The monoisotopic (exact) mass is 224 g/mol. The molecule has 0 spiro atoms. The topological polar surface area (TPSA) is 32.3 Å². The molecule has 3 rings (SSSR count). The molecule has 0 N–H and O–H groups in total. The van der Waals surface area contributed by atoms with Crippen molar-refractivity contribution in [3.05, 3.63) is 17.5 Å². The summed E-state index contributed by atoms with van der Waals surface area (Å²) in [4.78, 5) is 13.1. The fourth-order valence-electron chi connectivity index (χ4n) is 2.48. The summed E-state index contributed by atoms with van der Waals surface area (Å²) in [7, 11) is 0. The zero-order chi connectivity index (χ0) is 10.3. The van der Waals surface area contributed by atoms with Crippen LogP contribution in [0.15, 0.2) is 12.4 Å². The van der Waals surface area contributed by atoms with Crippen molar-refractivity contribution in [1.82, 2.24) is 14.9 Å². The highest BCUT2D eigenvalue weighted by atomic mass is 35.5. The van der Waals surface area contributed by atoms with Gasteiger partial charge in [0.05, 0.1) is 0 Å². The third-order valence-electron chi connectivity index (χ3n) is 3.26. The van der Waals surface area contributed by atoms with Gasteiger partial charge in [0.1, 0.15) is 17.3 Å². The lowest BCUT2D eigenvalue weighted by Gasteiger charge is -2.35. The molecule has 15 heavy (non-hydrogen) atoms. The summed E-state index contributed by atoms with van der Waals surface area (Å²) in [6.45, 7) is 4.58. The van der Waals surface area contributed by atoms with E-state index in [1.165, 1.54) is 19.5 Å². The lowest BCUT2D eigenvalue weighted by molar-refractivity contribution is 0.310. The van der Waals surface area contributed by atoms with Gasteiger partial charge >= 0.3 is 0 Å². The Bertz CT molecular complexity index is 370. The second kappa shape index (κ2) is 3.61. The summed E-state index contributed by atoms with van der Waals surface area (Å²) < 4.78 is 0. The van der Waals surface area contributed by atoms with Crippen LogP contribution in [0.4, 0.5) is 5.82 Å². The zero-order valence-corrected chi connectivity index (χ0v) is 9.19. The molecule has 2 aliphatic rings. The van der Waals surface area contributed by atoms with E-state index in [-0.39, 0.29) is 0 Å². The third kappa shape index (κ3) is 1.68. The van der Waals surface area contributed by atoms with Gasteiger partial charge in [0.25, 0.3) is 0 Å². The molecule has 0 aromatic carbocycles. The summed E-state index contributed by atoms with van der Waals surface area (Å²) in [6.07, 6.45) is 2.78. The average Bonchev–Trinajstić information content (AvgIpc) is 2.61. The Labute approximate surface area is 93.9 Å². The first-order valence-electron chi connectivity index (χ1n) is 5.29. The standard InChI is InChI=1S/C10H13ClN4/c11-9-5-10(13-7-12-9)15-4-3-14-2-1-8(15)6-14/h5,7-8H,1-4,6H2. The van der Waals surface area contributed by atoms with Crippen LogP contribution in [0.3, 0.4) is 0 Å². The lowest BCUT2D eigenvalue weighted by Crippen LogP contribution is -2.47. The molecule has 2 aliphatic heterocycles. The van der Waals surface area contributed by atoms with E-state index >= 15 is 0 Å². The van der Waals surface area contributed by atoms with Gasteiger partial charge < -0.3 is 4.90 Å². The highest BCUT2D eigenvalue weighted by molar-refractivity contribution is 6.29. The molecule has 0 radical (unpaired) electrons. The summed E-state index contributed by atoms with van der Waals surface area (Å²) in [5.41, 5.74) is 0.